The summed E-state index contributed by atoms with van der Waals surface area (Å²) in [5.74, 6) is -0.598. The number of aromatic nitrogens is 3. The zero-order chi connectivity index (χ0) is 12.7. The van der Waals surface area contributed by atoms with E-state index in [-0.39, 0.29) is 16.6 Å². The minimum atomic E-state index is -0.598. The Balaban J connectivity index is 3.01. The summed E-state index contributed by atoms with van der Waals surface area (Å²) in [4.78, 5) is 37.7. The van der Waals surface area contributed by atoms with Gasteiger partial charge in [0.2, 0.25) is 0 Å². The maximum Gasteiger partial charge on any atom is 0.341 e. The van der Waals surface area contributed by atoms with Gasteiger partial charge in [0.25, 0.3) is 5.56 Å². The molecule has 17 heavy (non-hydrogen) atoms. The van der Waals surface area contributed by atoms with E-state index >= 15 is 0 Å². The molecule has 90 valence electrons. The van der Waals surface area contributed by atoms with Crippen LogP contribution in [0.5, 0.6) is 0 Å². The fraction of sp³-hybridized carbons (Fsp3) is 0.300. The van der Waals surface area contributed by atoms with Crippen LogP contribution in [0, 0.1) is 0 Å². The van der Waals surface area contributed by atoms with Gasteiger partial charge in [-0.25, -0.2) is 9.59 Å². The molecule has 2 rings (SSSR count). The Morgan fingerprint density at radius 3 is 2.53 bits per heavy atom. The van der Waals surface area contributed by atoms with Crippen molar-refractivity contribution in [2.45, 2.75) is 0 Å². The van der Waals surface area contributed by atoms with Crippen LogP contribution in [0.1, 0.15) is 10.4 Å². The van der Waals surface area contributed by atoms with Crippen LogP contribution in [0.25, 0.3) is 11.0 Å². The van der Waals surface area contributed by atoms with Crippen LogP contribution in [0.2, 0.25) is 0 Å². The van der Waals surface area contributed by atoms with Crippen LogP contribution in [0.4, 0.5) is 0 Å². The van der Waals surface area contributed by atoms with Crippen molar-refractivity contribution in [3.05, 3.63) is 32.6 Å². The van der Waals surface area contributed by atoms with Gasteiger partial charge in [0, 0.05) is 20.3 Å². The summed E-state index contributed by atoms with van der Waals surface area (Å²) in [6, 6.07) is 0. The second kappa shape index (κ2) is 3.62. The van der Waals surface area contributed by atoms with Gasteiger partial charge < -0.3 is 9.72 Å². The number of nitrogens with one attached hydrogen (secondary N) is 1. The van der Waals surface area contributed by atoms with Gasteiger partial charge in [-0.3, -0.25) is 13.9 Å². The van der Waals surface area contributed by atoms with Crippen molar-refractivity contribution < 1.29 is 9.53 Å². The maximum atomic E-state index is 11.8. The molecular formula is C10H11N3O4. The SMILES string of the molecule is COC(=O)c1c[nH]c2c(=O)n(C)c(=O)n(C)c12. The van der Waals surface area contributed by atoms with E-state index in [4.69, 9.17) is 0 Å². The van der Waals surface area contributed by atoms with Crippen LogP contribution >= 0.6 is 0 Å². The van der Waals surface area contributed by atoms with Gasteiger partial charge in [0.05, 0.1) is 12.6 Å². The first-order valence-corrected chi connectivity index (χ1v) is 4.84. The van der Waals surface area contributed by atoms with E-state index in [0.29, 0.717) is 0 Å². The van der Waals surface area contributed by atoms with Gasteiger partial charge in [0.1, 0.15) is 11.1 Å². The standard InChI is InChI=1S/C10H11N3O4/c1-12-7-5(9(15)17-3)4-11-6(7)8(14)13(2)10(12)16/h4,11H,1-3H3. The number of hydrogen-bond donors (Lipinski definition) is 1. The van der Waals surface area contributed by atoms with Gasteiger partial charge in [-0.2, -0.15) is 0 Å². The summed E-state index contributed by atoms with van der Waals surface area (Å²) in [5, 5.41) is 0. The van der Waals surface area contributed by atoms with E-state index in [9.17, 15) is 14.4 Å². The summed E-state index contributed by atoms with van der Waals surface area (Å²) in [5.41, 5.74) is -0.342. The normalized spacial score (nSPS) is 10.8. The average molecular weight is 237 g/mol. The zero-order valence-corrected chi connectivity index (χ0v) is 9.60. The van der Waals surface area contributed by atoms with Crippen molar-refractivity contribution >= 4 is 17.0 Å². The van der Waals surface area contributed by atoms with Crippen LogP contribution in [-0.4, -0.2) is 27.2 Å². The molecule has 7 nitrogen and oxygen atoms in total. The monoisotopic (exact) mass is 237 g/mol. The highest BCUT2D eigenvalue weighted by molar-refractivity contribution is 6.02. The topological polar surface area (TPSA) is 86.1 Å². The number of hydrogen-bond acceptors (Lipinski definition) is 4. The maximum absolute atomic E-state index is 11.8. The highest BCUT2D eigenvalue weighted by Gasteiger charge is 2.18. The molecule has 7 heteroatoms. The molecule has 0 saturated heterocycles. The van der Waals surface area contributed by atoms with Crippen molar-refractivity contribution in [1.29, 1.82) is 0 Å². The Hall–Kier alpha value is -2.31. The van der Waals surface area contributed by atoms with Gasteiger partial charge >= 0.3 is 11.7 Å². The van der Waals surface area contributed by atoms with Crippen LogP contribution in [0.15, 0.2) is 15.8 Å². The minimum Gasteiger partial charge on any atom is -0.465 e. The van der Waals surface area contributed by atoms with Crippen molar-refractivity contribution in [1.82, 2.24) is 14.1 Å². The van der Waals surface area contributed by atoms with E-state index < -0.39 is 17.2 Å². The largest absolute Gasteiger partial charge is 0.465 e. The summed E-state index contributed by atoms with van der Waals surface area (Å²) in [6.07, 6.45) is 1.36. The molecule has 2 heterocycles. The molecule has 0 aliphatic rings. The van der Waals surface area contributed by atoms with Crippen LogP contribution < -0.4 is 11.2 Å². The van der Waals surface area contributed by atoms with E-state index in [2.05, 4.69) is 9.72 Å². The molecule has 0 fully saturated rings. The number of esters is 1. The number of fused-ring (bicyclic) bond motifs is 1. The Morgan fingerprint density at radius 2 is 1.94 bits per heavy atom. The average Bonchev–Trinajstić information content (AvgIpc) is 2.77. The number of aryl methyl sites for hydroxylation is 1. The third-order valence-electron chi connectivity index (χ3n) is 2.69. The molecular weight excluding hydrogens is 226 g/mol. The number of carbonyl (C=O) groups excluding carboxylic acids is 1. The Bertz CT molecular complexity index is 719. The van der Waals surface area contributed by atoms with E-state index in [1.54, 1.807) is 0 Å². The third-order valence-corrected chi connectivity index (χ3v) is 2.69. The highest BCUT2D eigenvalue weighted by Crippen LogP contribution is 2.13. The minimum absolute atomic E-state index is 0.166. The second-order valence-electron chi connectivity index (χ2n) is 3.62. The number of ether oxygens (including phenoxy) is 1. The lowest BCUT2D eigenvalue weighted by Gasteiger charge is -2.04. The fourth-order valence-electron chi connectivity index (χ4n) is 1.77. The quantitative estimate of drug-likeness (QED) is 0.668. The molecule has 0 bridgehead atoms. The summed E-state index contributed by atoms with van der Waals surface area (Å²) in [6.45, 7) is 0. The number of aromatic amines is 1. The van der Waals surface area contributed by atoms with E-state index in [1.807, 2.05) is 0 Å². The molecule has 0 saturated carbocycles. The lowest BCUT2D eigenvalue weighted by Crippen LogP contribution is -2.37. The molecule has 0 spiro atoms. The lowest BCUT2D eigenvalue weighted by molar-refractivity contribution is 0.0602. The molecule has 2 aromatic rings. The Kier molecular flexibility index (Phi) is 2.38. The summed E-state index contributed by atoms with van der Waals surface area (Å²) < 4.78 is 6.79. The number of rotatable bonds is 1. The van der Waals surface area contributed by atoms with Crippen molar-refractivity contribution in [3.8, 4) is 0 Å². The third kappa shape index (κ3) is 1.39. The zero-order valence-electron chi connectivity index (χ0n) is 9.60. The van der Waals surface area contributed by atoms with E-state index in [0.717, 1.165) is 4.57 Å². The molecule has 0 aliphatic carbocycles. The predicted octanol–water partition coefficient (Wildman–Crippen LogP) is -0.648. The molecule has 0 radical (unpaired) electrons. The first-order valence-electron chi connectivity index (χ1n) is 4.84. The van der Waals surface area contributed by atoms with Crippen molar-refractivity contribution in [2.24, 2.45) is 14.1 Å². The molecule has 0 unspecified atom stereocenters. The first-order chi connectivity index (χ1) is 7.99. The highest BCUT2D eigenvalue weighted by atomic mass is 16.5. The number of nitrogens with zero attached hydrogens (tertiary/aromatic N) is 2. The Morgan fingerprint density at radius 1 is 1.29 bits per heavy atom. The molecule has 2 aromatic heterocycles. The predicted molar refractivity (Wildman–Crippen MR) is 60.1 cm³/mol. The summed E-state index contributed by atoms with van der Waals surface area (Å²) >= 11 is 0. The van der Waals surface area contributed by atoms with Gasteiger partial charge in [-0.15, -0.1) is 0 Å². The van der Waals surface area contributed by atoms with Gasteiger partial charge in [0.15, 0.2) is 0 Å². The summed E-state index contributed by atoms with van der Waals surface area (Å²) in [7, 11) is 4.10. The molecule has 0 atom stereocenters. The molecule has 0 amide bonds. The lowest BCUT2D eigenvalue weighted by atomic mass is 10.3. The molecule has 1 N–H and O–H groups in total. The van der Waals surface area contributed by atoms with Crippen molar-refractivity contribution in [3.63, 3.8) is 0 Å². The number of H-pyrrole nitrogens is 1. The van der Waals surface area contributed by atoms with Gasteiger partial charge in [-0.1, -0.05) is 0 Å². The molecule has 0 aliphatic heterocycles. The Labute approximate surface area is 95.2 Å². The fourth-order valence-corrected chi connectivity index (χ4v) is 1.77. The van der Waals surface area contributed by atoms with E-state index in [1.165, 1.54) is 32.0 Å². The smallest absolute Gasteiger partial charge is 0.341 e. The second-order valence-corrected chi connectivity index (χ2v) is 3.62. The first kappa shape index (κ1) is 11.2. The van der Waals surface area contributed by atoms with Crippen molar-refractivity contribution in [2.75, 3.05) is 7.11 Å². The number of carbonyl (C=O) groups is 1. The number of methoxy groups -OCH3 is 1. The van der Waals surface area contributed by atoms with Crippen LogP contribution in [-0.2, 0) is 18.8 Å². The molecule has 0 aromatic carbocycles. The van der Waals surface area contributed by atoms with Crippen LogP contribution in [0.3, 0.4) is 0 Å². The van der Waals surface area contributed by atoms with Gasteiger partial charge in [-0.05, 0) is 0 Å².